The van der Waals surface area contributed by atoms with Crippen LogP contribution in [-0.4, -0.2) is 10.5 Å². The second kappa shape index (κ2) is 5.32. The summed E-state index contributed by atoms with van der Waals surface area (Å²) in [5.41, 5.74) is 3.86. The highest BCUT2D eigenvalue weighted by Crippen LogP contribution is 2.34. The number of thiophene rings is 1. The first-order valence-electron chi connectivity index (χ1n) is 6.13. The van der Waals surface area contributed by atoms with E-state index in [4.69, 9.17) is 5.84 Å². The van der Waals surface area contributed by atoms with Gasteiger partial charge in [0.05, 0.1) is 5.56 Å². The van der Waals surface area contributed by atoms with Crippen molar-refractivity contribution in [3.8, 4) is 15.4 Å². The molecule has 0 atom stereocenters. The van der Waals surface area contributed by atoms with E-state index >= 15 is 0 Å². The monoisotopic (exact) mass is 283 g/mol. The molecule has 20 heavy (non-hydrogen) atoms. The van der Waals surface area contributed by atoms with Crippen LogP contribution in [0.5, 0.6) is 0 Å². The average Bonchev–Trinajstić information content (AvgIpc) is 3.16. The van der Waals surface area contributed by atoms with Crippen molar-refractivity contribution >= 4 is 17.2 Å². The first-order valence-corrected chi connectivity index (χ1v) is 6.95. The largest absolute Gasteiger partial charge is 0.315 e. The van der Waals surface area contributed by atoms with E-state index in [2.05, 4.69) is 5.43 Å². The molecule has 0 aliphatic rings. The van der Waals surface area contributed by atoms with Crippen LogP contribution in [-0.2, 0) is 0 Å². The third-order valence-corrected chi connectivity index (χ3v) is 4.18. The predicted octanol–water partition coefficient (Wildman–Crippen LogP) is 2.81. The molecule has 4 nitrogen and oxygen atoms in total. The van der Waals surface area contributed by atoms with Crippen molar-refractivity contribution in [1.29, 1.82) is 0 Å². The molecular formula is C15H13N3OS. The molecule has 0 aliphatic carbocycles. The van der Waals surface area contributed by atoms with Crippen LogP contribution in [0.4, 0.5) is 0 Å². The maximum Gasteiger partial charge on any atom is 0.268 e. The Morgan fingerprint density at radius 1 is 1.10 bits per heavy atom. The minimum atomic E-state index is -0.285. The molecule has 100 valence electrons. The standard InChI is InChI=1S/C15H13N3OS/c16-17-14(19)12-10-13(11-6-2-1-3-7-11)20-15(12)18-8-4-5-9-18/h1-10H,16H2,(H,17,19). The van der Waals surface area contributed by atoms with Gasteiger partial charge in [0.15, 0.2) is 0 Å². The van der Waals surface area contributed by atoms with Gasteiger partial charge < -0.3 is 4.57 Å². The van der Waals surface area contributed by atoms with Gasteiger partial charge in [0, 0.05) is 17.3 Å². The number of rotatable bonds is 3. The molecule has 0 radical (unpaired) electrons. The Hall–Kier alpha value is -2.37. The minimum Gasteiger partial charge on any atom is -0.315 e. The molecule has 0 bridgehead atoms. The molecule has 3 aromatic rings. The van der Waals surface area contributed by atoms with Gasteiger partial charge in [0.25, 0.3) is 5.91 Å². The van der Waals surface area contributed by atoms with Crippen LogP contribution >= 0.6 is 11.3 Å². The number of nitrogen functional groups attached to an aromatic ring is 1. The fourth-order valence-electron chi connectivity index (χ4n) is 2.03. The quantitative estimate of drug-likeness (QED) is 0.441. The van der Waals surface area contributed by atoms with Crippen LogP contribution in [0.25, 0.3) is 15.4 Å². The van der Waals surface area contributed by atoms with Gasteiger partial charge in [-0.3, -0.25) is 10.2 Å². The number of benzene rings is 1. The predicted molar refractivity (Wildman–Crippen MR) is 80.7 cm³/mol. The number of amides is 1. The lowest BCUT2D eigenvalue weighted by Gasteiger charge is -2.02. The van der Waals surface area contributed by atoms with E-state index in [0.29, 0.717) is 5.56 Å². The van der Waals surface area contributed by atoms with E-state index in [-0.39, 0.29) is 5.91 Å². The normalized spacial score (nSPS) is 10.4. The van der Waals surface area contributed by atoms with Crippen LogP contribution in [0.15, 0.2) is 60.9 Å². The summed E-state index contributed by atoms with van der Waals surface area (Å²) in [6, 6.07) is 15.7. The molecule has 1 amide bonds. The summed E-state index contributed by atoms with van der Waals surface area (Å²) < 4.78 is 1.92. The van der Waals surface area contributed by atoms with Gasteiger partial charge >= 0.3 is 0 Å². The second-order valence-electron chi connectivity index (χ2n) is 4.26. The summed E-state index contributed by atoms with van der Waals surface area (Å²) in [5.74, 6) is 4.99. The zero-order chi connectivity index (χ0) is 13.9. The maximum absolute atomic E-state index is 11.9. The SMILES string of the molecule is NNC(=O)c1cc(-c2ccccc2)sc1-n1cccc1. The number of nitrogens with two attached hydrogens (primary N) is 1. The highest BCUT2D eigenvalue weighted by molar-refractivity contribution is 7.18. The number of carbonyl (C=O) groups excluding carboxylic acids is 1. The number of hydrazine groups is 1. The van der Waals surface area contributed by atoms with Gasteiger partial charge in [-0.2, -0.15) is 0 Å². The van der Waals surface area contributed by atoms with E-state index in [9.17, 15) is 4.79 Å². The molecule has 1 aromatic carbocycles. The topological polar surface area (TPSA) is 60.0 Å². The van der Waals surface area contributed by atoms with Crippen LogP contribution in [0.1, 0.15) is 10.4 Å². The smallest absolute Gasteiger partial charge is 0.268 e. The number of nitrogens with zero attached hydrogens (tertiary/aromatic N) is 1. The Kier molecular flexibility index (Phi) is 3.37. The van der Waals surface area contributed by atoms with Gasteiger partial charge in [0.1, 0.15) is 5.00 Å². The van der Waals surface area contributed by atoms with Crippen LogP contribution < -0.4 is 11.3 Å². The Morgan fingerprint density at radius 3 is 2.45 bits per heavy atom. The molecule has 0 fully saturated rings. The number of carbonyl (C=O) groups is 1. The van der Waals surface area contributed by atoms with Crippen molar-refractivity contribution in [2.45, 2.75) is 0 Å². The minimum absolute atomic E-state index is 0.285. The zero-order valence-electron chi connectivity index (χ0n) is 10.6. The molecule has 2 heterocycles. The number of hydrogen-bond acceptors (Lipinski definition) is 3. The lowest BCUT2D eigenvalue weighted by Crippen LogP contribution is -2.30. The molecule has 5 heteroatoms. The van der Waals surface area contributed by atoms with Gasteiger partial charge in [0.2, 0.25) is 0 Å². The molecule has 0 saturated heterocycles. The Morgan fingerprint density at radius 2 is 1.80 bits per heavy atom. The van der Waals surface area contributed by atoms with E-state index in [1.165, 1.54) is 0 Å². The number of hydrogen-bond donors (Lipinski definition) is 2. The van der Waals surface area contributed by atoms with Crippen LogP contribution in [0.3, 0.4) is 0 Å². The lowest BCUT2D eigenvalue weighted by atomic mass is 10.1. The third-order valence-electron chi connectivity index (χ3n) is 2.99. The molecule has 0 aliphatic heterocycles. The van der Waals surface area contributed by atoms with Crippen molar-refractivity contribution in [3.05, 3.63) is 66.5 Å². The third kappa shape index (κ3) is 2.24. The van der Waals surface area contributed by atoms with Crippen LogP contribution in [0, 0.1) is 0 Å². The Labute approximate surface area is 120 Å². The summed E-state index contributed by atoms with van der Waals surface area (Å²) in [6.45, 7) is 0. The fraction of sp³-hybridized carbons (Fsp3) is 0. The maximum atomic E-state index is 11.9. The molecular weight excluding hydrogens is 270 g/mol. The molecule has 0 saturated carbocycles. The molecule has 2 aromatic heterocycles. The summed E-state index contributed by atoms with van der Waals surface area (Å²) >= 11 is 1.56. The molecule has 3 rings (SSSR count). The average molecular weight is 283 g/mol. The summed E-state index contributed by atoms with van der Waals surface area (Å²) in [5, 5.41) is 0.858. The summed E-state index contributed by atoms with van der Waals surface area (Å²) in [6.07, 6.45) is 3.82. The lowest BCUT2D eigenvalue weighted by molar-refractivity contribution is 0.0954. The number of nitrogens with one attached hydrogen (secondary N) is 1. The summed E-state index contributed by atoms with van der Waals surface area (Å²) in [4.78, 5) is 13.0. The highest BCUT2D eigenvalue weighted by Gasteiger charge is 2.17. The van der Waals surface area contributed by atoms with E-state index in [1.807, 2.05) is 65.5 Å². The zero-order valence-corrected chi connectivity index (χ0v) is 11.4. The van der Waals surface area contributed by atoms with Gasteiger partial charge in [-0.15, -0.1) is 11.3 Å². The van der Waals surface area contributed by atoms with Crippen molar-refractivity contribution in [1.82, 2.24) is 9.99 Å². The summed E-state index contributed by atoms with van der Waals surface area (Å²) in [7, 11) is 0. The second-order valence-corrected chi connectivity index (χ2v) is 5.29. The first kappa shape index (κ1) is 12.7. The number of aromatic nitrogens is 1. The fourth-order valence-corrected chi connectivity index (χ4v) is 3.16. The van der Waals surface area contributed by atoms with Crippen molar-refractivity contribution in [2.75, 3.05) is 0 Å². The Bertz CT molecular complexity index is 717. The van der Waals surface area contributed by atoms with Crippen molar-refractivity contribution in [3.63, 3.8) is 0 Å². The molecule has 3 N–H and O–H groups in total. The van der Waals surface area contributed by atoms with Gasteiger partial charge in [-0.1, -0.05) is 30.3 Å². The van der Waals surface area contributed by atoms with E-state index in [1.54, 1.807) is 11.3 Å². The molecule has 0 spiro atoms. The Balaban J connectivity index is 2.14. The van der Waals surface area contributed by atoms with Crippen molar-refractivity contribution < 1.29 is 4.79 Å². The molecule has 0 unspecified atom stereocenters. The highest BCUT2D eigenvalue weighted by atomic mass is 32.1. The van der Waals surface area contributed by atoms with Crippen LogP contribution in [0.2, 0.25) is 0 Å². The first-order chi connectivity index (χ1) is 9.79. The van der Waals surface area contributed by atoms with E-state index < -0.39 is 0 Å². The van der Waals surface area contributed by atoms with Crippen molar-refractivity contribution in [2.24, 2.45) is 5.84 Å². The van der Waals surface area contributed by atoms with E-state index in [0.717, 1.165) is 15.4 Å². The van der Waals surface area contributed by atoms with Gasteiger partial charge in [-0.25, -0.2) is 5.84 Å². The van der Waals surface area contributed by atoms with Gasteiger partial charge in [-0.05, 0) is 23.8 Å².